The second-order valence-corrected chi connectivity index (χ2v) is 4.05. The molecule has 0 aliphatic rings. The lowest BCUT2D eigenvalue weighted by atomic mass is 10.1. The molecule has 0 spiro atoms. The topological polar surface area (TPSA) is 13.1 Å². The summed E-state index contributed by atoms with van der Waals surface area (Å²) in [7, 11) is 0. The van der Waals surface area contributed by atoms with Crippen LogP contribution in [0.4, 0.5) is 0 Å². The molecule has 1 heterocycles. The van der Waals surface area contributed by atoms with Gasteiger partial charge in [-0.05, 0) is 25.0 Å². The Bertz CT molecular complexity index is 203. The van der Waals surface area contributed by atoms with E-state index in [0.717, 1.165) is 12.2 Å². The van der Waals surface area contributed by atoms with E-state index in [2.05, 4.69) is 22.9 Å². The monoisotopic (exact) mass is 202 g/mol. The standard InChI is InChI=1S/C8H11BrO/c1-6(9)5-8-3-4-10-7(8)2/h3-4,6H,5H2,1-2H3. The second-order valence-electron chi connectivity index (χ2n) is 2.49. The molecule has 1 rings (SSSR count). The van der Waals surface area contributed by atoms with E-state index in [-0.39, 0.29) is 0 Å². The molecule has 56 valence electrons. The highest BCUT2D eigenvalue weighted by molar-refractivity contribution is 9.09. The van der Waals surface area contributed by atoms with Crippen LogP contribution in [-0.4, -0.2) is 4.83 Å². The zero-order valence-electron chi connectivity index (χ0n) is 6.23. The molecule has 0 saturated heterocycles. The van der Waals surface area contributed by atoms with Gasteiger partial charge in [0.05, 0.1) is 6.26 Å². The Morgan fingerprint density at radius 2 is 2.40 bits per heavy atom. The van der Waals surface area contributed by atoms with Crippen molar-refractivity contribution in [3.05, 3.63) is 23.7 Å². The summed E-state index contributed by atoms with van der Waals surface area (Å²) in [6.45, 7) is 4.12. The molecule has 1 aromatic heterocycles. The largest absolute Gasteiger partial charge is 0.469 e. The Morgan fingerprint density at radius 3 is 2.80 bits per heavy atom. The van der Waals surface area contributed by atoms with Gasteiger partial charge < -0.3 is 4.42 Å². The zero-order chi connectivity index (χ0) is 7.56. The Balaban J connectivity index is 2.65. The summed E-state index contributed by atoms with van der Waals surface area (Å²) in [5.41, 5.74) is 1.30. The molecule has 1 atom stereocenters. The maximum absolute atomic E-state index is 5.14. The molecule has 0 saturated carbocycles. The normalized spacial score (nSPS) is 13.5. The number of aryl methyl sites for hydroxylation is 1. The van der Waals surface area contributed by atoms with E-state index in [1.807, 2.05) is 13.0 Å². The minimum absolute atomic E-state index is 0.531. The fourth-order valence-corrected chi connectivity index (χ4v) is 1.27. The average Bonchev–Trinajstić information content (AvgIpc) is 2.15. The van der Waals surface area contributed by atoms with Gasteiger partial charge in [0.1, 0.15) is 5.76 Å². The molecule has 10 heavy (non-hydrogen) atoms. The first-order chi connectivity index (χ1) is 4.70. The summed E-state index contributed by atoms with van der Waals surface area (Å²) in [5.74, 6) is 1.03. The van der Waals surface area contributed by atoms with Crippen LogP contribution in [0, 0.1) is 6.92 Å². The molecule has 0 aliphatic heterocycles. The highest BCUT2D eigenvalue weighted by atomic mass is 79.9. The minimum atomic E-state index is 0.531. The van der Waals surface area contributed by atoms with E-state index in [9.17, 15) is 0 Å². The summed E-state index contributed by atoms with van der Waals surface area (Å²) < 4.78 is 5.14. The molecular weight excluding hydrogens is 192 g/mol. The van der Waals surface area contributed by atoms with Crippen LogP contribution >= 0.6 is 15.9 Å². The molecule has 1 nitrogen and oxygen atoms in total. The quantitative estimate of drug-likeness (QED) is 0.673. The fourth-order valence-electron chi connectivity index (χ4n) is 0.926. The van der Waals surface area contributed by atoms with Crippen molar-refractivity contribution in [2.75, 3.05) is 0 Å². The van der Waals surface area contributed by atoms with Crippen molar-refractivity contribution < 1.29 is 4.42 Å². The number of halogens is 1. The number of hydrogen-bond acceptors (Lipinski definition) is 1. The van der Waals surface area contributed by atoms with Crippen LogP contribution in [0.5, 0.6) is 0 Å². The second kappa shape index (κ2) is 3.24. The first kappa shape index (κ1) is 7.86. The molecule has 0 fully saturated rings. The molecule has 0 radical (unpaired) electrons. The van der Waals surface area contributed by atoms with Gasteiger partial charge in [-0.25, -0.2) is 0 Å². The van der Waals surface area contributed by atoms with E-state index in [4.69, 9.17) is 4.42 Å². The molecule has 1 unspecified atom stereocenters. The Kier molecular flexibility index (Phi) is 2.55. The highest BCUT2D eigenvalue weighted by Crippen LogP contribution is 2.14. The van der Waals surface area contributed by atoms with Crippen LogP contribution in [0.1, 0.15) is 18.2 Å². The van der Waals surface area contributed by atoms with Gasteiger partial charge >= 0.3 is 0 Å². The van der Waals surface area contributed by atoms with Gasteiger partial charge in [-0.1, -0.05) is 22.9 Å². The number of rotatable bonds is 2. The molecular formula is C8H11BrO. The third-order valence-electron chi connectivity index (χ3n) is 1.47. The van der Waals surface area contributed by atoms with Crippen LogP contribution in [0.15, 0.2) is 16.7 Å². The van der Waals surface area contributed by atoms with Crippen molar-refractivity contribution in [2.24, 2.45) is 0 Å². The van der Waals surface area contributed by atoms with E-state index in [0.29, 0.717) is 4.83 Å². The van der Waals surface area contributed by atoms with Gasteiger partial charge in [-0.15, -0.1) is 0 Å². The van der Waals surface area contributed by atoms with Crippen LogP contribution in [0.25, 0.3) is 0 Å². The lowest BCUT2D eigenvalue weighted by Gasteiger charge is -1.99. The van der Waals surface area contributed by atoms with Crippen LogP contribution in [0.2, 0.25) is 0 Å². The maximum Gasteiger partial charge on any atom is 0.103 e. The molecule has 0 bridgehead atoms. The van der Waals surface area contributed by atoms with Crippen LogP contribution in [-0.2, 0) is 6.42 Å². The number of furan rings is 1. The van der Waals surface area contributed by atoms with E-state index >= 15 is 0 Å². The third kappa shape index (κ3) is 1.87. The Morgan fingerprint density at radius 1 is 1.70 bits per heavy atom. The summed E-state index contributed by atoms with van der Waals surface area (Å²) in [5, 5.41) is 0. The van der Waals surface area contributed by atoms with Gasteiger partial charge in [-0.3, -0.25) is 0 Å². The molecule has 2 heteroatoms. The number of hydrogen-bond donors (Lipinski definition) is 0. The SMILES string of the molecule is Cc1occc1CC(C)Br. The Labute approximate surface area is 69.6 Å². The third-order valence-corrected chi connectivity index (χ3v) is 1.79. The van der Waals surface area contributed by atoms with E-state index in [1.54, 1.807) is 6.26 Å². The van der Waals surface area contributed by atoms with Crippen molar-refractivity contribution in [2.45, 2.75) is 25.1 Å². The molecule has 0 aliphatic carbocycles. The molecule has 0 N–H and O–H groups in total. The summed E-state index contributed by atoms with van der Waals surface area (Å²) in [4.78, 5) is 0.531. The van der Waals surface area contributed by atoms with Crippen LogP contribution in [0.3, 0.4) is 0 Å². The first-order valence-electron chi connectivity index (χ1n) is 3.37. The molecule has 1 aromatic rings. The van der Waals surface area contributed by atoms with Gasteiger partial charge in [0, 0.05) is 4.83 Å². The molecule has 0 aromatic carbocycles. The predicted molar refractivity (Wildman–Crippen MR) is 45.5 cm³/mol. The predicted octanol–water partition coefficient (Wildman–Crippen LogP) is 2.91. The van der Waals surface area contributed by atoms with Crippen molar-refractivity contribution in [3.8, 4) is 0 Å². The van der Waals surface area contributed by atoms with Crippen molar-refractivity contribution in [1.29, 1.82) is 0 Å². The van der Waals surface area contributed by atoms with E-state index in [1.165, 1.54) is 5.56 Å². The van der Waals surface area contributed by atoms with Crippen molar-refractivity contribution in [3.63, 3.8) is 0 Å². The van der Waals surface area contributed by atoms with Gasteiger partial charge in [-0.2, -0.15) is 0 Å². The van der Waals surface area contributed by atoms with E-state index < -0.39 is 0 Å². The minimum Gasteiger partial charge on any atom is -0.469 e. The fraction of sp³-hybridized carbons (Fsp3) is 0.500. The lowest BCUT2D eigenvalue weighted by molar-refractivity contribution is 0.529. The Hall–Kier alpha value is -0.240. The van der Waals surface area contributed by atoms with Crippen molar-refractivity contribution in [1.82, 2.24) is 0 Å². The highest BCUT2D eigenvalue weighted by Gasteiger charge is 2.03. The summed E-state index contributed by atoms with van der Waals surface area (Å²) >= 11 is 3.49. The van der Waals surface area contributed by atoms with Crippen LogP contribution < -0.4 is 0 Å². The smallest absolute Gasteiger partial charge is 0.103 e. The first-order valence-corrected chi connectivity index (χ1v) is 4.28. The average molecular weight is 203 g/mol. The van der Waals surface area contributed by atoms with Gasteiger partial charge in [0.15, 0.2) is 0 Å². The maximum atomic E-state index is 5.14. The lowest BCUT2D eigenvalue weighted by Crippen LogP contribution is -1.95. The number of alkyl halides is 1. The molecule has 0 amide bonds. The van der Waals surface area contributed by atoms with Gasteiger partial charge in [0.25, 0.3) is 0 Å². The summed E-state index contributed by atoms with van der Waals surface area (Å²) in [6.07, 6.45) is 2.78. The summed E-state index contributed by atoms with van der Waals surface area (Å²) in [6, 6.07) is 2.02. The van der Waals surface area contributed by atoms with Crippen molar-refractivity contribution >= 4 is 15.9 Å². The van der Waals surface area contributed by atoms with Gasteiger partial charge in [0.2, 0.25) is 0 Å². The zero-order valence-corrected chi connectivity index (χ0v) is 7.81.